The van der Waals surface area contributed by atoms with Crippen molar-refractivity contribution in [3.63, 3.8) is 0 Å². The van der Waals surface area contributed by atoms with Crippen molar-refractivity contribution < 1.29 is 8.42 Å². The van der Waals surface area contributed by atoms with Crippen LogP contribution in [0.4, 0.5) is 0 Å². The highest BCUT2D eigenvalue weighted by Gasteiger charge is 2.25. The predicted molar refractivity (Wildman–Crippen MR) is 94.1 cm³/mol. The Morgan fingerprint density at radius 2 is 1.87 bits per heavy atom. The largest absolute Gasteiger partial charge is 0.299 e. The second kappa shape index (κ2) is 7.13. The molecule has 0 saturated carbocycles. The third-order valence-corrected chi connectivity index (χ3v) is 7.11. The van der Waals surface area contributed by atoms with Crippen LogP contribution in [0.15, 0.2) is 46.0 Å². The molecular formula is C17H22N2O2S2. The van der Waals surface area contributed by atoms with E-state index in [-0.39, 0.29) is 6.04 Å². The SMILES string of the molecule is Cc1ccc(CN2CCC(NS(=O)(=O)c3cccs3)CC2)cc1. The summed E-state index contributed by atoms with van der Waals surface area (Å²) in [5.41, 5.74) is 2.59. The van der Waals surface area contributed by atoms with Crippen molar-refractivity contribution in [2.75, 3.05) is 13.1 Å². The van der Waals surface area contributed by atoms with E-state index >= 15 is 0 Å². The number of rotatable bonds is 5. The minimum absolute atomic E-state index is 0.0383. The summed E-state index contributed by atoms with van der Waals surface area (Å²) in [4.78, 5) is 2.39. The van der Waals surface area contributed by atoms with Gasteiger partial charge in [-0.1, -0.05) is 35.9 Å². The van der Waals surface area contributed by atoms with E-state index in [4.69, 9.17) is 0 Å². The summed E-state index contributed by atoms with van der Waals surface area (Å²) in [5, 5.41) is 1.79. The molecule has 0 amide bonds. The van der Waals surface area contributed by atoms with Crippen molar-refractivity contribution in [3.05, 3.63) is 52.9 Å². The molecule has 2 aromatic rings. The lowest BCUT2D eigenvalue weighted by atomic mass is 10.0. The quantitative estimate of drug-likeness (QED) is 0.902. The molecule has 1 aromatic carbocycles. The number of nitrogens with one attached hydrogen (secondary N) is 1. The number of benzene rings is 1. The van der Waals surface area contributed by atoms with Gasteiger partial charge in [-0.05, 0) is 36.8 Å². The monoisotopic (exact) mass is 350 g/mol. The van der Waals surface area contributed by atoms with Crippen molar-refractivity contribution in [3.8, 4) is 0 Å². The summed E-state index contributed by atoms with van der Waals surface area (Å²) in [6.45, 7) is 4.87. The van der Waals surface area contributed by atoms with Gasteiger partial charge in [0.25, 0.3) is 0 Å². The molecule has 0 atom stereocenters. The van der Waals surface area contributed by atoms with E-state index in [9.17, 15) is 8.42 Å². The minimum atomic E-state index is -3.35. The summed E-state index contributed by atoms with van der Waals surface area (Å²) < 4.78 is 27.8. The molecule has 6 heteroatoms. The fourth-order valence-corrected chi connectivity index (χ4v) is 5.17. The van der Waals surface area contributed by atoms with Crippen molar-refractivity contribution in [1.82, 2.24) is 9.62 Å². The van der Waals surface area contributed by atoms with E-state index in [0.29, 0.717) is 4.21 Å². The number of hydrogen-bond donors (Lipinski definition) is 1. The number of hydrogen-bond acceptors (Lipinski definition) is 4. The standard InChI is InChI=1S/C17H22N2O2S2/c1-14-4-6-15(7-5-14)13-19-10-8-16(9-11-19)18-23(20,21)17-3-2-12-22-17/h2-7,12,16,18H,8-11,13H2,1H3. The zero-order valence-electron chi connectivity index (χ0n) is 13.2. The van der Waals surface area contributed by atoms with Crippen LogP contribution in [0.3, 0.4) is 0 Å². The zero-order valence-corrected chi connectivity index (χ0v) is 14.9. The molecule has 3 rings (SSSR count). The van der Waals surface area contributed by atoms with Gasteiger partial charge in [0.1, 0.15) is 4.21 Å². The van der Waals surface area contributed by atoms with Crippen LogP contribution in [0, 0.1) is 6.92 Å². The second-order valence-electron chi connectivity index (χ2n) is 6.09. The third-order valence-electron chi connectivity index (χ3n) is 4.20. The van der Waals surface area contributed by atoms with Crippen LogP contribution in [-0.2, 0) is 16.6 Å². The second-order valence-corrected chi connectivity index (χ2v) is 8.98. The van der Waals surface area contributed by atoms with E-state index in [2.05, 4.69) is 40.8 Å². The van der Waals surface area contributed by atoms with Gasteiger partial charge in [0.2, 0.25) is 10.0 Å². The lowest BCUT2D eigenvalue weighted by molar-refractivity contribution is 0.200. The van der Waals surface area contributed by atoms with Crippen molar-refractivity contribution in [2.24, 2.45) is 0 Å². The third kappa shape index (κ3) is 4.41. The molecular weight excluding hydrogens is 328 g/mol. The fourth-order valence-electron chi connectivity index (χ4n) is 2.85. The summed E-state index contributed by atoms with van der Waals surface area (Å²) >= 11 is 1.26. The Morgan fingerprint density at radius 3 is 2.48 bits per heavy atom. The molecule has 1 aromatic heterocycles. The average molecular weight is 351 g/mol. The topological polar surface area (TPSA) is 49.4 Å². The number of thiophene rings is 1. The maximum Gasteiger partial charge on any atom is 0.250 e. The lowest BCUT2D eigenvalue weighted by Gasteiger charge is -2.32. The van der Waals surface area contributed by atoms with Gasteiger partial charge < -0.3 is 0 Å². The van der Waals surface area contributed by atoms with Gasteiger partial charge in [0.15, 0.2) is 0 Å². The number of piperidine rings is 1. The predicted octanol–water partition coefficient (Wildman–Crippen LogP) is 3.00. The Labute approximate surface area is 142 Å². The molecule has 1 N–H and O–H groups in total. The number of sulfonamides is 1. The van der Waals surface area contributed by atoms with Crippen molar-refractivity contribution >= 4 is 21.4 Å². The summed E-state index contributed by atoms with van der Waals surface area (Å²) in [6, 6.07) is 12.1. The van der Waals surface area contributed by atoms with Crippen LogP contribution in [0.5, 0.6) is 0 Å². The van der Waals surface area contributed by atoms with Gasteiger partial charge in [0.05, 0.1) is 0 Å². The van der Waals surface area contributed by atoms with Crippen LogP contribution in [0.25, 0.3) is 0 Å². The maximum absolute atomic E-state index is 12.3. The summed E-state index contributed by atoms with van der Waals surface area (Å²) in [5.74, 6) is 0. The van der Waals surface area contributed by atoms with Crippen molar-refractivity contribution in [2.45, 2.75) is 36.6 Å². The normalized spacial score (nSPS) is 17.4. The Hall–Kier alpha value is -1.21. The minimum Gasteiger partial charge on any atom is -0.299 e. The summed E-state index contributed by atoms with van der Waals surface area (Å²) in [6.07, 6.45) is 1.72. The van der Waals surface area contributed by atoms with E-state index in [1.54, 1.807) is 17.5 Å². The van der Waals surface area contributed by atoms with Crippen LogP contribution < -0.4 is 4.72 Å². The van der Waals surface area contributed by atoms with E-state index < -0.39 is 10.0 Å². The molecule has 0 aliphatic carbocycles. The van der Waals surface area contributed by atoms with Crippen LogP contribution >= 0.6 is 11.3 Å². The molecule has 0 spiro atoms. The van der Waals surface area contributed by atoms with Crippen molar-refractivity contribution in [1.29, 1.82) is 0 Å². The van der Waals surface area contributed by atoms with Gasteiger partial charge in [-0.15, -0.1) is 11.3 Å². The van der Waals surface area contributed by atoms with E-state index in [1.165, 1.54) is 22.5 Å². The molecule has 23 heavy (non-hydrogen) atoms. The Morgan fingerprint density at radius 1 is 1.17 bits per heavy atom. The molecule has 1 saturated heterocycles. The van der Waals surface area contributed by atoms with Gasteiger partial charge in [0, 0.05) is 25.7 Å². The zero-order chi connectivity index (χ0) is 16.3. The van der Waals surface area contributed by atoms with Gasteiger partial charge in [-0.2, -0.15) is 0 Å². The van der Waals surface area contributed by atoms with Crippen LogP contribution in [0.2, 0.25) is 0 Å². The highest BCUT2D eigenvalue weighted by molar-refractivity contribution is 7.91. The van der Waals surface area contributed by atoms with E-state index in [1.807, 2.05) is 0 Å². The molecule has 4 nitrogen and oxygen atoms in total. The molecule has 0 radical (unpaired) electrons. The van der Waals surface area contributed by atoms with Gasteiger partial charge in [-0.25, -0.2) is 13.1 Å². The first-order valence-electron chi connectivity index (χ1n) is 7.87. The van der Waals surface area contributed by atoms with Gasteiger partial charge in [-0.3, -0.25) is 4.90 Å². The Bertz CT molecular complexity index is 716. The molecule has 124 valence electrons. The number of aryl methyl sites for hydroxylation is 1. The average Bonchev–Trinajstić information content (AvgIpc) is 3.07. The highest BCUT2D eigenvalue weighted by atomic mass is 32.2. The maximum atomic E-state index is 12.3. The first kappa shape index (κ1) is 16.6. The first-order chi connectivity index (χ1) is 11.0. The molecule has 1 aliphatic heterocycles. The Kier molecular flexibility index (Phi) is 5.16. The molecule has 0 unspecified atom stereocenters. The van der Waals surface area contributed by atoms with Gasteiger partial charge >= 0.3 is 0 Å². The smallest absolute Gasteiger partial charge is 0.250 e. The van der Waals surface area contributed by atoms with E-state index in [0.717, 1.165) is 32.5 Å². The molecule has 0 bridgehead atoms. The lowest BCUT2D eigenvalue weighted by Crippen LogP contribution is -2.44. The molecule has 1 fully saturated rings. The Balaban J connectivity index is 1.51. The molecule has 1 aliphatic rings. The number of likely N-dealkylation sites (tertiary alicyclic amines) is 1. The van der Waals surface area contributed by atoms with Crippen LogP contribution in [0.1, 0.15) is 24.0 Å². The number of nitrogens with zero attached hydrogens (tertiary/aromatic N) is 1. The molecule has 2 heterocycles. The fraction of sp³-hybridized carbons (Fsp3) is 0.412. The highest BCUT2D eigenvalue weighted by Crippen LogP contribution is 2.19. The van der Waals surface area contributed by atoms with Crippen LogP contribution in [-0.4, -0.2) is 32.4 Å². The first-order valence-corrected chi connectivity index (χ1v) is 10.2. The summed E-state index contributed by atoms with van der Waals surface area (Å²) in [7, 11) is -3.35.